The molecule has 0 radical (unpaired) electrons. The molecule has 1 heterocycles. The van der Waals surface area contributed by atoms with Crippen molar-refractivity contribution in [2.75, 3.05) is 0 Å². The minimum atomic E-state index is -4.36. The Morgan fingerprint density at radius 2 is 1.92 bits per heavy atom. The van der Waals surface area contributed by atoms with E-state index in [1.54, 1.807) is 6.92 Å². The van der Waals surface area contributed by atoms with Crippen molar-refractivity contribution in [1.29, 1.82) is 0 Å². The zero-order chi connectivity index (χ0) is 17.3. The summed E-state index contributed by atoms with van der Waals surface area (Å²) in [6, 6.07) is 4.48. The largest absolute Gasteiger partial charge is 0.416 e. The van der Waals surface area contributed by atoms with Gasteiger partial charge in [0.15, 0.2) is 0 Å². The second kappa shape index (κ2) is 6.26. The van der Waals surface area contributed by atoms with Gasteiger partial charge in [-0.05, 0) is 37.5 Å². The number of H-pyrrole nitrogens is 1. The molecule has 3 rings (SSSR count). The van der Waals surface area contributed by atoms with Gasteiger partial charge in [0.05, 0.1) is 23.0 Å². The molecule has 0 fully saturated rings. The van der Waals surface area contributed by atoms with E-state index in [-0.39, 0.29) is 17.9 Å². The number of alkyl halides is 3. The van der Waals surface area contributed by atoms with Crippen LogP contribution in [-0.4, -0.2) is 21.3 Å². The van der Waals surface area contributed by atoms with Crippen LogP contribution in [0.5, 0.6) is 0 Å². The second-order valence-electron chi connectivity index (χ2n) is 6.01. The second-order valence-corrected chi connectivity index (χ2v) is 6.01. The highest BCUT2D eigenvalue weighted by molar-refractivity contribution is 5.79. The fraction of sp³-hybridized carbons (Fsp3) is 0.438. The van der Waals surface area contributed by atoms with E-state index in [4.69, 9.17) is 0 Å². The quantitative estimate of drug-likeness (QED) is 0.904. The number of hydrogen-bond donors (Lipinski definition) is 2. The zero-order valence-corrected chi connectivity index (χ0v) is 13.0. The number of fused-ring (bicyclic) bond motifs is 1. The Morgan fingerprint density at radius 1 is 1.25 bits per heavy atom. The number of hydrogen-bond acceptors (Lipinski definition) is 3. The Bertz CT molecular complexity index is 724. The third-order valence-electron chi connectivity index (χ3n) is 4.34. The number of nitrogens with one attached hydrogen (secondary N) is 2. The highest BCUT2D eigenvalue weighted by Crippen LogP contribution is 2.30. The van der Waals surface area contributed by atoms with Crippen LogP contribution in [0.1, 0.15) is 41.9 Å². The standard InChI is InChI=1S/C16H17F3N4O/c1-9(10-2-5-12(6-3-10)16(17,18)19)20-15(24)11-4-7-13-14(8-11)22-23-21-13/h2-3,5-6,9,11H,4,7-8H2,1H3,(H,20,24)(H,21,22,23)/t9-,11+/m1/s1. The third-order valence-corrected chi connectivity index (χ3v) is 4.34. The van der Waals surface area contributed by atoms with Crippen molar-refractivity contribution in [2.24, 2.45) is 5.92 Å². The molecule has 1 amide bonds. The lowest BCUT2D eigenvalue weighted by Crippen LogP contribution is -2.35. The van der Waals surface area contributed by atoms with E-state index in [0.717, 1.165) is 23.5 Å². The number of halogens is 3. The van der Waals surface area contributed by atoms with Gasteiger partial charge in [-0.15, -0.1) is 0 Å². The summed E-state index contributed by atoms with van der Waals surface area (Å²) in [7, 11) is 0. The number of aryl methyl sites for hydroxylation is 1. The fourth-order valence-electron chi connectivity index (χ4n) is 2.88. The summed E-state index contributed by atoms with van der Waals surface area (Å²) in [4.78, 5) is 12.4. The van der Waals surface area contributed by atoms with Gasteiger partial charge in [0, 0.05) is 12.3 Å². The van der Waals surface area contributed by atoms with Gasteiger partial charge in [0.1, 0.15) is 0 Å². The number of aromatic amines is 1. The number of carbonyl (C=O) groups is 1. The maximum Gasteiger partial charge on any atom is 0.416 e. The highest BCUT2D eigenvalue weighted by Gasteiger charge is 2.31. The maximum atomic E-state index is 12.6. The van der Waals surface area contributed by atoms with E-state index in [1.165, 1.54) is 12.1 Å². The summed E-state index contributed by atoms with van der Waals surface area (Å²) in [6.07, 6.45) is -2.45. The van der Waals surface area contributed by atoms with Crippen LogP contribution in [0.2, 0.25) is 0 Å². The topological polar surface area (TPSA) is 70.7 Å². The van der Waals surface area contributed by atoms with Crippen LogP contribution in [0.4, 0.5) is 13.2 Å². The molecule has 1 aliphatic rings. The third kappa shape index (κ3) is 3.42. The maximum absolute atomic E-state index is 12.6. The summed E-state index contributed by atoms with van der Waals surface area (Å²) in [5.74, 6) is -0.310. The van der Waals surface area contributed by atoms with Crippen molar-refractivity contribution in [3.8, 4) is 0 Å². The van der Waals surface area contributed by atoms with Gasteiger partial charge in [-0.3, -0.25) is 4.79 Å². The Hall–Kier alpha value is -2.38. The molecule has 0 bridgehead atoms. The van der Waals surface area contributed by atoms with Crippen LogP contribution in [0, 0.1) is 5.92 Å². The molecule has 2 atom stereocenters. The molecule has 2 N–H and O–H groups in total. The first-order chi connectivity index (χ1) is 11.3. The monoisotopic (exact) mass is 338 g/mol. The molecule has 0 aliphatic heterocycles. The zero-order valence-electron chi connectivity index (χ0n) is 13.0. The first-order valence-electron chi connectivity index (χ1n) is 7.70. The van der Waals surface area contributed by atoms with E-state index in [2.05, 4.69) is 20.7 Å². The number of benzene rings is 1. The number of aromatic nitrogens is 3. The van der Waals surface area contributed by atoms with Crippen molar-refractivity contribution < 1.29 is 18.0 Å². The van der Waals surface area contributed by atoms with Crippen molar-refractivity contribution >= 4 is 5.91 Å². The van der Waals surface area contributed by atoms with Crippen LogP contribution in [0.15, 0.2) is 24.3 Å². The van der Waals surface area contributed by atoms with Crippen LogP contribution in [-0.2, 0) is 23.8 Å². The van der Waals surface area contributed by atoms with Crippen molar-refractivity contribution in [2.45, 2.75) is 38.4 Å². The van der Waals surface area contributed by atoms with Crippen LogP contribution in [0.3, 0.4) is 0 Å². The molecular weight excluding hydrogens is 321 g/mol. The predicted molar refractivity (Wildman–Crippen MR) is 79.9 cm³/mol. The molecule has 1 aromatic heterocycles. The van der Waals surface area contributed by atoms with Gasteiger partial charge in [-0.25, -0.2) is 0 Å². The van der Waals surface area contributed by atoms with E-state index in [1.807, 2.05) is 0 Å². The SMILES string of the molecule is C[C@@H](NC(=O)[C@H]1CCc2n[nH]nc2C1)c1ccc(C(F)(F)F)cc1. The molecule has 128 valence electrons. The molecule has 1 aliphatic carbocycles. The first kappa shape index (κ1) is 16.5. The van der Waals surface area contributed by atoms with Crippen LogP contribution < -0.4 is 5.32 Å². The molecule has 1 aromatic carbocycles. The van der Waals surface area contributed by atoms with Gasteiger partial charge < -0.3 is 5.32 Å². The van der Waals surface area contributed by atoms with Crippen LogP contribution >= 0.6 is 0 Å². The summed E-state index contributed by atoms with van der Waals surface area (Å²) in [5.41, 5.74) is 1.64. The minimum Gasteiger partial charge on any atom is -0.349 e. The summed E-state index contributed by atoms with van der Waals surface area (Å²) >= 11 is 0. The van der Waals surface area contributed by atoms with E-state index < -0.39 is 11.7 Å². The number of rotatable bonds is 3. The van der Waals surface area contributed by atoms with Crippen molar-refractivity contribution in [1.82, 2.24) is 20.7 Å². The lowest BCUT2D eigenvalue weighted by molar-refractivity contribution is -0.137. The Morgan fingerprint density at radius 3 is 2.58 bits per heavy atom. The lowest BCUT2D eigenvalue weighted by atomic mass is 9.89. The fourth-order valence-corrected chi connectivity index (χ4v) is 2.88. The van der Waals surface area contributed by atoms with Gasteiger partial charge in [-0.2, -0.15) is 28.6 Å². The lowest BCUT2D eigenvalue weighted by Gasteiger charge is -2.22. The Labute approximate surface area is 136 Å². The molecule has 24 heavy (non-hydrogen) atoms. The smallest absolute Gasteiger partial charge is 0.349 e. The summed E-state index contributed by atoms with van der Waals surface area (Å²) in [5, 5.41) is 13.5. The first-order valence-corrected chi connectivity index (χ1v) is 7.70. The van der Waals surface area contributed by atoms with Gasteiger partial charge in [-0.1, -0.05) is 12.1 Å². The average Bonchev–Trinajstić information content (AvgIpc) is 3.01. The Balaban J connectivity index is 1.62. The highest BCUT2D eigenvalue weighted by atomic mass is 19.4. The molecule has 0 unspecified atom stereocenters. The van der Waals surface area contributed by atoms with E-state index >= 15 is 0 Å². The van der Waals surface area contributed by atoms with E-state index in [9.17, 15) is 18.0 Å². The summed E-state index contributed by atoms with van der Waals surface area (Å²) < 4.78 is 37.8. The van der Waals surface area contributed by atoms with Gasteiger partial charge >= 0.3 is 6.18 Å². The number of nitrogens with zero attached hydrogens (tertiary/aromatic N) is 2. The molecule has 0 saturated heterocycles. The van der Waals surface area contributed by atoms with Crippen LogP contribution in [0.25, 0.3) is 0 Å². The van der Waals surface area contributed by atoms with Gasteiger partial charge in [0.25, 0.3) is 0 Å². The molecule has 0 spiro atoms. The number of amides is 1. The minimum absolute atomic E-state index is 0.115. The van der Waals surface area contributed by atoms with Gasteiger partial charge in [0.2, 0.25) is 5.91 Å². The molecule has 5 nitrogen and oxygen atoms in total. The van der Waals surface area contributed by atoms with E-state index in [0.29, 0.717) is 24.8 Å². The molecular formula is C16H17F3N4O. The van der Waals surface area contributed by atoms with Crippen molar-refractivity contribution in [3.63, 3.8) is 0 Å². The molecule has 2 aromatic rings. The summed E-state index contributed by atoms with van der Waals surface area (Å²) in [6.45, 7) is 1.75. The van der Waals surface area contributed by atoms with Crippen molar-refractivity contribution in [3.05, 3.63) is 46.8 Å². The predicted octanol–water partition coefficient (Wildman–Crippen LogP) is 2.81. The average molecular weight is 338 g/mol. The molecule has 8 heteroatoms. The normalized spacial score (nSPS) is 18.8. The number of carbonyl (C=O) groups excluding carboxylic acids is 1. The molecule has 0 saturated carbocycles. The Kier molecular flexibility index (Phi) is 4.29.